The minimum Gasteiger partial charge on any atom is -0.497 e. The van der Waals surface area contributed by atoms with Gasteiger partial charge in [-0.1, -0.05) is 0 Å². The number of carbonyl (C=O) groups is 2. The maximum atomic E-state index is 13.0. The summed E-state index contributed by atoms with van der Waals surface area (Å²) in [5.74, 6) is -0.0152. The van der Waals surface area contributed by atoms with Crippen LogP contribution in [-0.4, -0.2) is 32.2 Å². The van der Waals surface area contributed by atoms with Crippen LogP contribution >= 0.6 is 0 Å². The molecule has 2 amide bonds. The maximum Gasteiger partial charge on any atom is 0.271 e. The van der Waals surface area contributed by atoms with Crippen LogP contribution in [-0.2, 0) is 0 Å². The molecule has 0 bridgehead atoms. The fraction of sp³-hybridized carbons (Fsp3) is 0.0870. The van der Waals surface area contributed by atoms with Crippen molar-refractivity contribution in [2.45, 2.75) is 0 Å². The summed E-state index contributed by atoms with van der Waals surface area (Å²) in [4.78, 5) is 24.4. The number of methoxy groups -OCH3 is 2. The van der Waals surface area contributed by atoms with Crippen LogP contribution in [0.15, 0.2) is 71.8 Å². The lowest BCUT2D eigenvalue weighted by atomic mass is 10.1. The van der Waals surface area contributed by atoms with Gasteiger partial charge in [-0.25, -0.2) is 9.82 Å². The predicted molar refractivity (Wildman–Crippen MR) is 115 cm³/mol. The summed E-state index contributed by atoms with van der Waals surface area (Å²) in [5, 5.41) is 6.64. The van der Waals surface area contributed by atoms with E-state index in [1.165, 1.54) is 37.6 Å². The number of hydrogen-bond acceptors (Lipinski definition) is 5. The molecule has 0 aliphatic carbocycles. The van der Waals surface area contributed by atoms with E-state index in [9.17, 15) is 14.0 Å². The second-order valence-electron chi connectivity index (χ2n) is 6.35. The van der Waals surface area contributed by atoms with E-state index in [-0.39, 0.29) is 5.91 Å². The molecule has 0 unspecified atom stereocenters. The van der Waals surface area contributed by atoms with Crippen LogP contribution in [0.4, 0.5) is 10.1 Å². The lowest BCUT2D eigenvalue weighted by molar-refractivity contribution is 0.0954. The summed E-state index contributed by atoms with van der Waals surface area (Å²) in [6.45, 7) is 0. The number of ether oxygens (including phenoxy) is 2. The van der Waals surface area contributed by atoms with E-state index in [0.29, 0.717) is 33.9 Å². The van der Waals surface area contributed by atoms with Crippen LogP contribution in [0.1, 0.15) is 26.3 Å². The van der Waals surface area contributed by atoms with Crippen molar-refractivity contribution in [1.82, 2.24) is 5.43 Å². The molecule has 31 heavy (non-hydrogen) atoms. The van der Waals surface area contributed by atoms with E-state index in [2.05, 4.69) is 15.8 Å². The lowest BCUT2D eigenvalue weighted by Gasteiger charge is -2.07. The number of nitrogens with one attached hydrogen (secondary N) is 2. The van der Waals surface area contributed by atoms with Crippen molar-refractivity contribution < 1.29 is 23.5 Å². The first-order chi connectivity index (χ1) is 15.0. The zero-order valence-electron chi connectivity index (χ0n) is 16.9. The lowest BCUT2D eigenvalue weighted by Crippen LogP contribution is -2.18. The van der Waals surface area contributed by atoms with Gasteiger partial charge in [-0.15, -0.1) is 0 Å². The average molecular weight is 421 g/mol. The number of nitrogens with zero attached hydrogens (tertiary/aromatic N) is 1. The van der Waals surface area contributed by atoms with Gasteiger partial charge in [0.1, 0.15) is 17.3 Å². The molecule has 3 rings (SSSR count). The van der Waals surface area contributed by atoms with E-state index in [1.54, 1.807) is 49.6 Å². The summed E-state index contributed by atoms with van der Waals surface area (Å²) in [5.41, 5.74) is 4.29. The van der Waals surface area contributed by atoms with E-state index in [4.69, 9.17) is 9.47 Å². The monoisotopic (exact) mass is 421 g/mol. The molecule has 7 nitrogen and oxygen atoms in total. The molecule has 0 aliphatic heterocycles. The van der Waals surface area contributed by atoms with Gasteiger partial charge in [-0.05, 0) is 60.7 Å². The zero-order valence-corrected chi connectivity index (χ0v) is 16.9. The van der Waals surface area contributed by atoms with Crippen LogP contribution in [0.3, 0.4) is 0 Å². The molecular formula is C23H20FN3O4. The molecule has 0 fully saturated rings. The van der Waals surface area contributed by atoms with E-state index in [1.807, 2.05) is 0 Å². The van der Waals surface area contributed by atoms with Crippen LogP contribution in [0.5, 0.6) is 11.5 Å². The molecular weight excluding hydrogens is 401 g/mol. The van der Waals surface area contributed by atoms with Crippen LogP contribution in [0.25, 0.3) is 0 Å². The van der Waals surface area contributed by atoms with Gasteiger partial charge in [0.15, 0.2) is 0 Å². The average Bonchev–Trinajstić information content (AvgIpc) is 2.80. The standard InChI is InChI=1S/C23H20FN3O4/c1-30-20-12-7-17(21(13-20)31-2)14-25-27-23(29)16-5-10-19(11-6-16)26-22(28)15-3-8-18(24)9-4-15/h3-14H,1-2H3,(H,26,28)(H,27,29)/b25-14+. The molecule has 3 aromatic carbocycles. The molecule has 8 heteroatoms. The molecule has 2 N–H and O–H groups in total. The quantitative estimate of drug-likeness (QED) is 0.448. The number of anilines is 1. The van der Waals surface area contributed by atoms with Gasteiger partial charge in [-0.2, -0.15) is 5.10 Å². The Bertz CT molecular complexity index is 1100. The van der Waals surface area contributed by atoms with Crippen molar-refractivity contribution in [3.05, 3.63) is 89.2 Å². The van der Waals surface area contributed by atoms with Gasteiger partial charge < -0.3 is 14.8 Å². The molecule has 0 heterocycles. The molecule has 0 saturated carbocycles. The van der Waals surface area contributed by atoms with Crippen molar-refractivity contribution in [3.63, 3.8) is 0 Å². The second kappa shape index (κ2) is 10.0. The Kier molecular flexibility index (Phi) is 6.95. The Morgan fingerprint density at radius 3 is 2.16 bits per heavy atom. The van der Waals surface area contributed by atoms with Crippen LogP contribution in [0, 0.1) is 5.82 Å². The third-order valence-electron chi connectivity index (χ3n) is 4.32. The Morgan fingerprint density at radius 2 is 1.52 bits per heavy atom. The van der Waals surface area contributed by atoms with E-state index < -0.39 is 11.7 Å². The van der Waals surface area contributed by atoms with Crippen molar-refractivity contribution in [3.8, 4) is 11.5 Å². The van der Waals surface area contributed by atoms with Gasteiger partial charge in [-0.3, -0.25) is 9.59 Å². The largest absolute Gasteiger partial charge is 0.497 e. The highest BCUT2D eigenvalue weighted by Crippen LogP contribution is 2.23. The number of amides is 2. The molecule has 0 aromatic heterocycles. The zero-order chi connectivity index (χ0) is 22.2. The molecule has 0 aliphatic rings. The summed E-state index contributed by atoms with van der Waals surface area (Å²) in [6, 6.07) is 16.7. The van der Waals surface area contributed by atoms with Crippen molar-refractivity contribution >= 4 is 23.7 Å². The topological polar surface area (TPSA) is 89.0 Å². The number of hydrazone groups is 1. The number of hydrogen-bond donors (Lipinski definition) is 2. The minimum absolute atomic E-state index is 0.325. The smallest absolute Gasteiger partial charge is 0.271 e. The number of rotatable bonds is 7. The van der Waals surface area contributed by atoms with Gasteiger partial charge in [0.05, 0.1) is 20.4 Å². The van der Waals surface area contributed by atoms with Crippen molar-refractivity contribution in [2.75, 3.05) is 19.5 Å². The third-order valence-corrected chi connectivity index (χ3v) is 4.32. The molecule has 0 saturated heterocycles. The highest BCUT2D eigenvalue weighted by atomic mass is 19.1. The van der Waals surface area contributed by atoms with E-state index in [0.717, 1.165) is 0 Å². The third kappa shape index (κ3) is 5.66. The normalized spacial score (nSPS) is 10.5. The summed E-state index contributed by atoms with van der Waals surface area (Å²) in [6.07, 6.45) is 1.47. The Morgan fingerprint density at radius 1 is 0.871 bits per heavy atom. The Hall–Kier alpha value is -4.20. The Labute approximate surface area is 178 Å². The fourth-order valence-electron chi connectivity index (χ4n) is 2.66. The van der Waals surface area contributed by atoms with E-state index >= 15 is 0 Å². The maximum absolute atomic E-state index is 13.0. The summed E-state index contributed by atoms with van der Waals surface area (Å²) >= 11 is 0. The summed E-state index contributed by atoms with van der Waals surface area (Å²) in [7, 11) is 3.09. The first-order valence-electron chi connectivity index (χ1n) is 9.22. The number of carbonyl (C=O) groups excluding carboxylic acids is 2. The van der Waals surface area contributed by atoms with Crippen LogP contribution in [0.2, 0.25) is 0 Å². The predicted octanol–water partition coefficient (Wildman–Crippen LogP) is 3.86. The highest BCUT2D eigenvalue weighted by molar-refractivity contribution is 6.04. The minimum atomic E-state index is -0.417. The molecule has 0 atom stereocenters. The van der Waals surface area contributed by atoms with Gasteiger partial charge in [0, 0.05) is 28.4 Å². The Balaban J connectivity index is 1.59. The van der Waals surface area contributed by atoms with Crippen LogP contribution < -0.4 is 20.2 Å². The van der Waals surface area contributed by atoms with Gasteiger partial charge >= 0.3 is 0 Å². The first-order valence-corrected chi connectivity index (χ1v) is 9.22. The fourth-order valence-corrected chi connectivity index (χ4v) is 2.66. The molecule has 3 aromatic rings. The molecule has 0 radical (unpaired) electrons. The van der Waals surface area contributed by atoms with Gasteiger partial charge in [0.2, 0.25) is 0 Å². The molecule has 158 valence electrons. The second-order valence-corrected chi connectivity index (χ2v) is 6.35. The number of halogens is 1. The number of benzene rings is 3. The van der Waals surface area contributed by atoms with Gasteiger partial charge in [0.25, 0.3) is 11.8 Å². The van der Waals surface area contributed by atoms with Crippen molar-refractivity contribution in [2.24, 2.45) is 5.10 Å². The SMILES string of the molecule is COc1ccc(/C=N/NC(=O)c2ccc(NC(=O)c3ccc(F)cc3)cc2)c(OC)c1. The highest BCUT2D eigenvalue weighted by Gasteiger charge is 2.08. The van der Waals surface area contributed by atoms with Crippen molar-refractivity contribution in [1.29, 1.82) is 0 Å². The first kappa shape index (κ1) is 21.5. The summed E-state index contributed by atoms with van der Waals surface area (Å²) < 4.78 is 23.4. The molecule has 0 spiro atoms.